The number of hydrogen-bond donors (Lipinski definition) is 1. The molecule has 4 nitrogen and oxygen atoms in total. The van der Waals surface area contributed by atoms with Crippen LogP contribution in [0.5, 0.6) is 0 Å². The van der Waals surface area contributed by atoms with Gasteiger partial charge in [-0.05, 0) is 36.8 Å². The van der Waals surface area contributed by atoms with Crippen molar-refractivity contribution in [3.63, 3.8) is 0 Å². The number of amides is 1. The minimum absolute atomic E-state index is 0.227. The van der Waals surface area contributed by atoms with Crippen molar-refractivity contribution in [1.82, 2.24) is 5.32 Å². The van der Waals surface area contributed by atoms with Crippen molar-refractivity contribution in [3.8, 4) is 0 Å². The molecule has 0 spiro atoms. The summed E-state index contributed by atoms with van der Waals surface area (Å²) in [7, 11) is 0. The van der Waals surface area contributed by atoms with Gasteiger partial charge in [0.05, 0.1) is 16.6 Å². The van der Waals surface area contributed by atoms with Crippen LogP contribution >= 0.6 is 23.2 Å². The van der Waals surface area contributed by atoms with Gasteiger partial charge in [0, 0.05) is 5.02 Å². The van der Waals surface area contributed by atoms with E-state index in [-0.39, 0.29) is 23.2 Å². The average molecular weight is 352 g/mol. The van der Waals surface area contributed by atoms with Crippen LogP contribution in [-0.2, 0) is 9.53 Å². The van der Waals surface area contributed by atoms with E-state index in [1.54, 1.807) is 36.4 Å². The van der Waals surface area contributed by atoms with Crippen LogP contribution in [0.4, 0.5) is 0 Å². The summed E-state index contributed by atoms with van der Waals surface area (Å²) in [6.07, 6.45) is 0. The van der Waals surface area contributed by atoms with Gasteiger partial charge in [0.25, 0.3) is 5.91 Å². The average Bonchev–Trinajstić information content (AvgIpc) is 2.53. The van der Waals surface area contributed by atoms with Crippen molar-refractivity contribution in [2.75, 3.05) is 6.61 Å². The summed E-state index contributed by atoms with van der Waals surface area (Å²) in [5.74, 6) is -1.04. The van der Waals surface area contributed by atoms with Gasteiger partial charge in [-0.3, -0.25) is 4.79 Å². The van der Waals surface area contributed by atoms with Gasteiger partial charge in [0.1, 0.15) is 0 Å². The lowest BCUT2D eigenvalue weighted by Gasteiger charge is -2.14. The number of halogens is 2. The molecule has 1 unspecified atom stereocenters. The fourth-order valence-corrected chi connectivity index (χ4v) is 2.39. The predicted molar refractivity (Wildman–Crippen MR) is 89.7 cm³/mol. The molecule has 0 aliphatic carbocycles. The summed E-state index contributed by atoms with van der Waals surface area (Å²) in [6, 6.07) is 13.4. The number of esters is 1. The lowest BCUT2D eigenvalue weighted by atomic mass is 10.1. The Morgan fingerprint density at radius 1 is 1.13 bits per heavy atom. The van der Waals surface area contributed by atoms with Crippen molar-refractivity contribution in [1.29, 1.82) is 0 Å². The Hall–Kier alpha value is -2.04. The first-order valence-electron chi connectivity index (χ1n) is 6.94. The second-order valence-corrected chi connectivity index (χ2v) is 5.74. The Balaban J connectivity index is 1.88. The highest BCUT2D eigenvalue weighted by Crippen LogP contribution is 2.18. The Bertz CT molecular complexity index is 718. The van der Waals surface area contributed by atoms with Crippen LogP contribution in [0.3, 0.4) is 0 Å². The number of carbonyl (C=O) groups is 2. The molecule has 0 bridgehead atoms. The number of benzene rings is 2. The monoisotopic (exact) mass is 351 g/mol. The molecule has 0 fully saturated rings. The van der Waals surface area contributed by atoms with E-state index >= 15 is 0 Å². The minimum atomic E-state index is -0.638. The fourth-order valence-electron chi connectivity index (χ4n) is 1.98. The first-order chi connectivity index (χ1) is 11.0. The van der Waals surface area contributed by atoms with Crippen LogP contribution in [0, 0.1) is 0 Å². The van der Waals surface area contributed by atoms with E-state index in [0.29, 0.717) is 5.02 Å². The second kappa shape index (κ2) is 7.99. The van der Waals surface area contributed by atoms with Crippen LogP contribution in [0.25, 0.3) is 0 Å². The topological polar surface area (TPSA) is 55.4 Å². The molecule has 0 saturated carbocycles. The first-order valence-corrected chi connectivity index (χ1v) is 7.69. The Morgan fingerprint density at radius 2 is 1.87 bits per heavy atom. The third-order valence-corrected chi connectivity index (χ3v) is 3.72. The van der Waals surface area contributed by atoms with E-state index in [2.05, 4.69) is 5.32 Å². The maximum atomic E-state index is 11.9. The molecule has 6 heteroatoms. The molecule has 0 saturated heterocycles. The first kappa shape index (κ1) is 17.3. The third-order valence-electron chi connectivity index (χ3n) is 3.15. The van der Waals surface area contributed by atoms with Gasteiger partial charge in [0.15, 0.2) is 6.61 Å². The zero-order chi connectivity index (χ0) is 16.8. The maximum Gasteiger partial charge on any atom is 0.340 e. The smallest absolute Gasteiger partial charge is 0.340 e. The number of rotatable bonds is 5. The minimum Gasteiger partial charge on any atom is -0.452 e. The summed E-state index contributed by atoms with van der Waals surface area (Å²) >= 11 is 11.8. The van der Waals surface area contributed by atoms with Gasteiger partial charge in [0.2, 0.25) is 0 Å². The van der Waals surface area contributed by atoms with Gasteiger partial charge in [-0.1, -0.05) is 47.5 Å². The van der Waals surface area contributed by atoms with Crippen molar-refractivity contribution in [3.05, 3.63) is 69.7 Å². The summed E-state index contributed by atoms with van der Waals surface area (Å²) in [6.45, 7) is 1.44. The van der Waals surface area contributed by atoms with E-state index < -0.39 is 11.9 Å². The zero-order valence-corrected chi connectivity index (χ0v) is 13.9. The number of ether oxygens (including phenoxy) is 1. The van der Waals surface area contributed by atoms with Gasteiger partial charge >= 0.3 is 5.97 Å². The molecule has 0 aromatic heterocycles. The number of hydrogen-bond acceptors (Lipinski definition) is 3. The quantitative estimate of drug-likeness (QED) is 0.827. The predicted octanol–water partition coefficient (Wildman–Crippen LogP) is 4.03. The van der Waals surface area contributed by atoms with Crippen molar-refractivity contribution in [2.45, 2.75) is 13.0 Å². The van der Waals surface area contributed by atoms with Crippen molar-refractivity contribution >= 4 is 35.1 Å². The SMILES string of the molecule is CC(NC(=O)COC(=O)c1ccccc1Cl)c1cccc(Cl)c1. The van der Waals surface area contributed by atoms with Gasteiger partial charge in [-0.2, -0.15) is 0 Å². The molecule has 0 radical (unpaired) electrons. The standard InChI is InChI=1S/C17H15Cl2NO3/c1-11(12-5-4-6-13(18)9-12)20-16(21)10-23-17(22)14-7-2-3-8-15(14)19/h2-9,11H,10H2,1H3,(H,20,21). The maximum absolute atomic E-state index is 11.9. The summed E-state index contributed by atoms with van der Waals surface area (Å²) < 4.78 is 4.97. The number of nitrogens with one attached hydrogen (secondary N) is 1. The molecular weight excluding hydrogens is 337 g/mol. The molecule has 1 N–H and O–H groups in total. The van der Waals surface area contributed by atoms with Crippen LogP contribution < -0.4 is 5.32 Å². The van der Waals surface area contributed by atoms with E-state index in [4.69, 9.17) is 27.9 Å². The molecule has 0 aliphatic rings. The molecule has 23 heavy (non-hydrogen) atoms. The van der Waals surface area contributed by atoms with E-state index in [1.807, 2.05) is 13.0 Å². The van der Waals surface area contributed by atoms with Gasteiger partial charge < -0.3 is 10.1 Å². The normalized spacial score (nSPS) is 11.6. The van der Waals surface area contributed by atoms with Crippen molar-refractivity contribution < 1.29 is 14.3 Å². The zero-order valence-electron chi connectivity index (χ0n) is 12.4. The highest BCUT2D eigenvalue weighted by atomic mass is 35.5. The lowest BCUT2D eigenvalue weighted by molar-refractivity contribution is -0.124. The number of carbonyl (C=O) groups excluding carboxylic acids is 2. The molecule has 0 heterocycles. The molecule has 1 atom stereocenters. The second-order valence-electron chi connectivity index (χ2n) is 4.90. The highest BCUT2D eigenvalue weighted by Gasteiger charge is 2.15. The van der Waals surface area contributed by atoms with Gasteiger partial charge in [-0.15, -0.1) is 0 Å². The van der Waals surface area contributed by atoms with E-state index in [0.717, 1.165) is 5.56 Å². The van der Waals surface area contributed by atoms with Crippen LogP contribution in [0.1, 0.15) is 28.9 Å². The van der Waals surface area contributed by atoms with Crippen LogP contribution in [0.15, 0.2) is 48.5 Å². The van der Waals surface area contributed by atoms with E-state index in [1.165, 1.54) is 6.07 Å². The largest absolute Gasteiger partial charge is 0.452 e. The lowest BCUT2D eigenvalue weighted by Crippen LogP contribution is -2.31. The molecule has 2 rings (SSSR count). The molecular formula is C17H15Cl2NO3. The molecule has 120 valence electrons. The Labute approximate surface area is 144 Å². The van der Waals surface area contributed by atoms with Crippen molar-refractivity contribution in [2.24, 2.45) is 0 Å². The summed E-state index contributed by atoms with van der Waals surface area (Å²) in [5, 5.41) is 3.61. The fraction of sp³-hybridized carbons (Fsp3) is 0.176. The summed E-state index contributed by atoms with van der Waals surface area (Å²) in [4.78, 5) is 23.7. The highest BCUT2D eigenvalue weighted by molar-refractivity contribution is 6.33. The molecule has 1 amide bonds. The molecule has 0 aliphatic heterocycles. The van der Waals surface area contributed by atoms with E-state index in [9.17, 15) is 9.59 Å². The van der Waals surface area contributed by atoms with Crippen LogP contribution in [-0.4, -0.2) is 18.5 Å². The molecule has 2 aromatic carbocycles. The third kappa shape index (κ3) is 4.98. The Morgan fingerprint density at radius 3 is 2.57 bits per heavy atom. The van der Waals surface area contributed by atoms with Crippen LogP contribution in [0.2, 0.25) is 10.0 Å². The Kier molecular flexibility index (Phi) is 6.02. The van der Waals surface area contributed by atoms with Gasteiger partial charge in [-0.25, -0.2) is 4.79 Å². The summed E-state index contributed by atoms with van der Waals surface area (Å²) in [5.41, 5.74) is 1.09. The molecule has 2 aromatic rings.